The van der Waals surface area contributed by atoms with Crippen molar-refractivity contribution in [3.05, 3.63) is 0 Å². The summed E-state index contributed by atoms with van der Waals surface area (Å²) >= 11 is 5.44. The summed E-state index contributed by atoms with van der Waals surface area (Å²) in [6.07, 6.45) is 0. The van der Waals surface area contributed by atoms with E-state index in [-0.39, 0.29) is 0 Å². The van der Waals surface area contributed by atoms with E-state index in [1.807, 2.05) is 0 Å². The van der Waals surface area contributed by atoms with Crippen LogP contribution in [0.1, 0.15) is 0 Å². The summed E-state index contributed by atoms with van der Waals surface area (Å²) in [5.74, 6) is 0. The van der Waals surface area contributed by atoms with Crippen LogP contribution in [0.2, 0.25) is 0 Å². The van der Waals surface area contributed by atoms with Crippen LogP contribution >= 0.6 is 12.2 Å². The number of hydrogen-bond acceptors (Lipinski definition) is 4. The highest BCUT2D eigenvalue weighted by molar-refractivity contribution is 7.80. The standard InChI is InChI=1S/C13H29N5S/c1-15(2)6-5-14-13(19)18-11-9-17(10-12-18)8-7-16(3)4/h5-12H2,1-4H3,(H,14,19). The quantitative estimate of drug-likeness (QED) is 0.668. The normalized spacial score (nSPS) is 17.3. The van der Waals surface area contributed by atoms with Crippen molar-refractivity contribution in [3.8, 4) is 0 Å². The topological polar surface area (TPSA) is 25.0 Å². The van der Waals surface area contributed by atoms with Gasteiger partial charge in [-0.2, -0.15) is 0 Å². The molecule has 1 saturated heterocycles. The lowest BCUT2D eigenvalue weighted by Gasteiger charge is -2.36. The predicted octanol–water partition coefficient (Wildman–Crippen LogP) is -0.398. The third kappa shape index (κ3) is 7.06. The lowest BCUT2D eigenvalue weighted by molar-refractivity contribution is 0.168. The van der Waals surface area contributed by atoms with Gasteiger partial charge in [-0.3, -0.25) is 4.90 Å². The molecule has 0 aliphatic carbocycles. The molecule has 0 aromatic rings. The Hall–Kier alpha value is -0.430. The van der Waals surface area contributed by atoms with Gasteiger partial charge in [0, 0.05) is 52.4 Å². The number of nitrogens with one attached hydrogen (secondary N) is 1. The molecule has 0 saturated carbocycles. The van der Waals surface area contributed by atoms with Crippen LogP contribution in [-0.4, -0.2) is 105 Å². The Kier molecular flexibility index (Phi) is 7.60. The zero-order valence-corrected chi connectivity index (χ0v) is 13.7. The Labute approximate surface area is 123 Å². The molecule has 0 amide bonds. The zero-order chi connectivity index (χ0) is 14.3. The van der Waals surface area contributed by atoms with E-state index in [0.717, 1.165) is 57.5 Å². The van der Waals surface area contributed by atoms with Gasteiger partial charge < -0.3 is 20.0 Å². The Bertz CT molecular complexity index is 262. The molecule has 1 aliphatic rings. The second-order valence-electron chi connectivity index (χ2n) is 5.67. The van der Waals surface area contributed by atoms with Gasteiger partial charge in [0.2, 0.25) is 0 Å². The zero-order valence-electron chi connectivity index (χ0n) is 12.9. The lowest BCUT2D eigenvalue weighted by Crippen LogP contribution is -2.53. The van der Waals surface area contributed by atoms with Crippen LogP contribution in [0, 0.1) is 0 Å². The molecule has 5 nitrogen and oxygen atoms in total. The largest absolute Gasteiger partial charge is 0.361 e. The van der Waals surface area contributed by atoms with Gasteiger partial charge in [-0.05, 0) is 40.4 Å². The van der Waals surface area contributed by atoms with Crippen molar-refractivity contribution in [1.29, 1.82) is 0 Å². The Balaban J connectivity index is 2.16. The molecule has 19 heavy (non-hydrogen) atoms. The fourth-order valence-corrected chi connectivity index (χ4v) is 2.30. The second-order valence-corrected chi connectivity index (χ2v) is 6.05. The van der Waals surface area contributed by atoms with E-state index in [9.17, 15) is 0 Å². The monoisotopic (exact) mass is 287 g/mol. The summed E-state index contributed by atoms with van der Waals surface area (Å²) in [7, 11) is 8.41. The first-order valence-corrected chi connectivity index (χ1v) is 7.44. The van der Waals surface area contributed by atoms with Gasteiger partial charge in [0.05, 0.1) is 0 Å². The van der Waals surface area contributed by atoms with Crippen molar-refractivity contribution >= 4 is 17.3 Å². The van der Waals surface area contributed by atoms with Crippen molar-refractivity contribution in [3.63, 3.8) is 0 Å². The van der Waals surface area contributed by atoms with Crippen LogP contribution < -0.4 is 5.32 Å². The average molecular weight is 287 g/mol. The van der Waals surface area contributed by atoms with Gasteiger partial charge >= 0.3 is 0 Å². The smallest absolute Gasteiger partial charge is 0.169 e. The van der Waals surface area contributed by atoms with E-state index in [1.165, 1.54) is 0 Å². The number of hydrogen-bond donors (Lipinski definition) is 1. The Morgan fingerprint density at radius 3 is 2.11 bits per heavy atom. The molecule has 1 rings (SSSR count). The molecule has 1 heterocycles. The van der Waals surface area contributed by atoms with Gasteiger partial charge in [0.25, 0.3) is 0 Å². The number of thiocarbonyl (C=S) groups is 1. The molecule has 0 aromatic carbocycles. The molecule has 0 bridgehead atoms. The molecule has 1 N–H and O–H groups in total. The van der Waals surface area contributed by atoms with Crippen LogP contribution in [0.25, 0.3) is 0 Å². The fraction of sp³-hybridized carbons (Fsp3) is 0.923. The first kappa shape index (κ1) is 16.6. The Morgan fingerprint density at radius 2 is 1.58 bits per heavy atom. The SMILES string of the molecule is CN(C)CCNC(=S)N1CCN(CCN(C)C)CC1. The molecule has 0 atom stereocenters. The molecule has 1 fully saturated rings. The molecule has 0 spiro atoms. The van der Waals surface area contributed by atoms with Crippen LogP contribution in [0.5, 0.6) is 0 Å². The van der Waals surface area contributed by atoms with Crippen LogP contribution in [-0.2, 0) is 0 Å². The van der Waals surface area contributed by atoms with Gasteiger partial charge in [-0.1, -0.05) is 0 Å². The van der Waals surface area contributed by atoms with Gasteiger partial charge in [-0.25, -0.2) is 0 Å². The summed E-state index contributed by atoms with van der Waals surface area (Å²) in [6.45, 7) is 8.54. The maximum Gasteiger partial charge on any atom is 0.169 e. The minimum absolute atomic E-state index is 0.911. The van der Waals surface area contributed by atoms with E-state index in [0.29, 0.717) is 0 Å². The summed E-state index contributed by atoms with van der Waals surface area (Å²) in [4.78, 5) is 9.20. The van der Waals surface area contributed by atoms with Crippen molar-refractivity contribution in [2.45, 2.75) is 0 Å². The van der Waals surface area contributed by atoms with Gasteiger partial charge in [0.15, 0.2) is 5.11 Å². The molecule has 0 radical (unpaired) electrons. The van der Waals surface area contributed by atoms with Crippen LogP contribution in [0.15, 0.2) is 0 Å². The van der Waals surface area contributed by atoms with Gasteiger partial charge in [-0.15, -0.1) is 0 Å². The maximum absolute atomic E-state index is 5.44. The van der Waals surface area contributed by atoms with E-state index in [2.05, 4.69) is 53.1 Å². The van der Waals surface area contributed by atoms with Crippen LogP contribution in [0.4, 0.5) is 0 Å². The third-order valence-electron chi connectivity index (χ3n) is 3.36. The fourth-order valence-electron chi connectivity index (χ4n) is 2.01. The highest BCUT2D eigenvalue weighted by Gasteiger charge is 2.18. The lowest BCUT2D eigenvalue weighted by atomic mass is 10.3. The van der Waals surface area contributed by atoms with E-state index >= 15 is 0 Å². The highest BCUT2D eigenvalue weighted by atomic mass is 32.1. The average Bonchev–Trinajstić information content (AvgIpc) is 2.36. The first-order valence-electron chi connectivity index (χ1n) is 7.03. The van der Waals surface area contributed by atoms with Crippen molar-refractivity contribution < 1.29 is 0 Å². The molecular weight excluding hydrogens is 258 g/mol. The van der Waals surface area contributed by atoms with Crippen molar-refractivity contribution in [1.82, 2.24) is 24.9 Å². The summed E-state index contributed by atoms with van der Waals surface area (Å²) in [5.41, 5.74) is 0. The molecule has 6 heteroatoms. The maximum atomic E-state index is 5.44. The first-order chi connectivity index (χ1) is 8.99. The molecular formula is C13H29N5S. The van der Waals surface area contributed by atoms with Crippen molar-refractivity contribution in [2.24, 2.45) is 0 Å². The summed E-state index contributed by atoms with van der Waals surface area (Å²) in [6, 6.07) is 0. The molecule has 112 valence electrons. The number of nitrogens with zero attached hydrogens (tertiary/aromatic N) is 4. The third-order valence-corrected chi connectivity index (χ3v) is 3.76. The summed E-state index contributed by atoms with van der Waals surface area (Å²) in [5, 5.41) is 4.25. The number of likely N-dealkylation sites (N-methyl/N-ethyl adjacent to an activating group) is 2. The molecule has 0 aromatic heterocycles. The summed E-state index contributed by atoms with van der Waals surface area (Å²) < 4.78 is 0. The van der Waals surface area contributed by atoms with Crippen molar-refractivity contribution in [2.75, 3.05) is 80.5 Å². The minimum atomic E-state index is 0.911. The van der Waals surface area contributed by atoms with E-state index in [4.69, 9.17) is 12.2 Å². The van der Waals surface area contributed by atoms with E-state index < -0.39 is 0 Å². The predicted molar refractivity (Wildman–Crippen MR) is 85.7 cm³/mol. The highest BCUT2D eigenvalue weighted by Crippen LogP contribution is 2.02. The molecule has 0 unspecified atom stereocenters. The molecule has 1 aliphatic heterocycles. The van der Waals surface area contributed by atoms with Crippen LogP contribution in [0.3, 0.4) is 0 Å². The second kappa shape index (κ2) is 8.68. The number of rotatable bonds is 6. The number of piperazine rings is 1. The Morgan fingerprint density at radius 1 is 1.00 bits per heavy atom. The van der Waals surface area contributed by atoms with Gasteiger partial charge in [0.1, 0.15) is 0 Å². The van der Waals surface area contributed by atoms with E-state index in [1.54, 1.807) is 0 Å². The minimum Gasteiger partial charge on any atom is -0.361 e.